The minimum atomic E-state index is -4.56. The molecular weight excluding hydrogens is 386 g/mol. The van der Waals surface area contributed by atoms with Crippen LogP contribution in [0.15, 0.2) is 23.1 Å². The predicted molar refractivity (Wildman–Crippen MR) is 87.9 cm³/mol. The highest BCUT2D eigenvalue weighted by molar-refractivity contribution is 7.89. The highest BCUT2D eigenvalue weighted by atomic mass is 35.5. The molecule has 25 heavy (non-hydrogen) atoms. The summed E-state index contributed by atoms with van der Waals surface area (Å²) in [6.45, 7) is 1.79. The fraction of sp³-hybridized carbons (Fsp3) is 0.571. The van der Waals surface area contributed by atoms with Crippen LogP contribution >= 0.6 is 12.4 Å². The lowest BCUT2D eigenvalue weighted by molar-refractivity contribution is -0.182. The lowest BCUT2D eigenvalue weighted by Gasteiger charge is -2.35. The molecule has 2 rings (SSSR count). The molecule has 1 aromatic rings. The van der Waals surface area contributed by atoms with Gasteiger partial charge in [-0.15, -0.1) is 12.4 Å². The number of rotatable bonds is 5. The number of nitrogens with one attached hydrogen (secondary N) is 2. The van der Waals surface area contributed by atoms with Gasteiger partial charge in [0.2, 0.25) is 10.0 Å². The first kappa shape index (κ1) is 22.1. The second-order valence-electron chi connectivity index (χ2n) is 5.61. The summed E-state index contributed by atoms with van der Waals surface area (Å²) in [4.78, 5) is 0.974. The van der Waals surface area contributed by atoms with Crippen molar-refractivity contribution in [3.05, 3.63) is 29.6 Å². The van der Waals surface area contributed by atoms with Crippen LogP contribution < -0.4 is 10.0 Å². The molecular formula is C14H20ClF4N3O2S. The topological polar surface area (TPSA) is 61.4 Å². The number of piperazine rings is 1. The molecule has 0 aliphatic carbocycles. The Balaban J connectivity index is 0.00000312. The van der Waals surface area contributed by atoms with Crippen LogP contribution in [0.4, 0.5) is 17.6 Å². The van der Waals surface area contributed by atoms with Gasteiger partial charge in [0.15, 0.2) is 0 Å². The molecule has 1 heterocycles. The number of aryl methyl sites for hydroxylation is 1. The van der Waals surface area contributed by atoms with E-state index < -0.39 is 34.6 Å². The van der Waals surface area contributed by atoms with E-state index in [1.807, 2.05) is 4.72 Å². The number of halogens is 5. The maximum Gasteiger partial charge on any atom is 0.405 e. The smallest absolute Gasteiger partial charge is 0.314 e. The van der Waals surface area contributed by atoms with Crippen molar-refractivity contribution in [1.82, 2.24) is 14.9 Å². The third kappa shape index (κ3) is 5.78. The Hall–Kier alpha value is -0.940. The highest BCUT2D eigenvalue weighted by Crippen LogP contribution is 2.25. The van der Waals surface area contributed by atoms with Crippen LogP contribution in [0.25, 0.3) is 0 Å². The highest BCUT2D eigenvalue weighted by Gasteiger charge is 2.44. The van der Waals surface area contributed by atoms with E-state index in [0.29, 0.717) is 13.1 Å². The van der Waals surface area contributed by atoms with Crippen LogP contribution in [-0.2, 0) is 10.0 Å². The van der Waals surface area contributed by atoms with Gasteiger partial charge in [0.25, 0.3) is 0 Å². The summed E-state index contributed by atoms with van der Waals surface area (Å²) in [6.07, 6.45) is -4.56. The van der Waals surface area contributed by atoms with E-state index in [1.54, 1.807) is 0 Å². The second kappa shape index (κ2) is 8.63. The first-order valence-electron chi connectivity index (χ1n) is 7.38. The molecule has 1 aliphatic rings. The van der Waals surface area contributed by atoms with Gasteiger partial charge < -0.3 is 5.32 Å². The molecule has 0 radical (unpaired) electrons. The molecule has 0 saturated carbocycles. The van der Waals surface area contributed by atoms with Gasteiger partial charge in [-0.3, -0.25) is 4.90 Å². The summed E-state index contributed by atoms with van der Waals surface area (Å²) < 4.78 is 79.4. The molecule has 1 fully saturated rings. The molecule has 144 valence electrons. The predicted octanol–water partition coefficient (Wildman–Crippen LogP) is 1.67. The van der Waals surface area contributed by atoms with E-state index >= 15 is 0 Å². The average Bonchev–Trinajstić information content (AvgIpc) is 2.46. The molecule has 1 aromatic carbocycles. The van der Waals surface area contributed by atoms with Crippen LogP contribution in [0.1, 0.15) is 5.56 Å². The van der Waals surface area contributed by atoms with Crippen molar-refractivity contribution in [2.24, 2.45) is 0 Å². The van der Waals surface area contributed by atoms with E-state index in [1.165, 1.54) is 11.8 Å². The fourth-order valence-corrected chi connectivity index (χ4v) is 3.89. The SMILES string of the molecule is Cc1cc(F)ccc1S(=O)(=O)NCC(N1CCNCC1)C(F)(F)F.Cl. The van der Waals surface area contributed by atoms with Gasteiger partial charge in [-0.25, -0.2) is 17.5 Å². The third-order valence-electron chi connectivity index (χ3n) is 3.86. The molecule has 5 nitrogen and oxygen atoms in total. The number of hydrogen-bond donors (Lipinski definition) is 2. The number of nitrogens with zero attached hydrogens (tertiary/aromatic N) is 1. The van der Waals surface area contributed by atoms with Gasteiger partial charge in [-0.2, -0.15) is 13.2 Å². The molecule has 1 unspecified atom stereocenters. The van der Waals surface area contributed by atoms with Crippen LogP contribution in [0.2, 0.25) is 0 Å². The minimum Gasteiger partial charge on any atom is -0.314 e. The number of sulfonamides is 1. The molecule has 1 aliphatic heterocycles. The van der Waals surface area contributed by atoms with Gasteiger partial charge in [-0.05, 0) is 30.7 Å². The molecule has 0 aromatic heterocycles. The van der Waals surface area contributed by atoms with E-state index in [0.717, 1.165) is 18.2 Å². The summed E-state index contributed by atoms with van der Waals surface area (Å²) in [5.74, 6) is -0.611. The first-order valence-corrected chi connectivity index (χ1v) is 8.87. The van der Waals surface area contributed by atoms with Crippen LogP contribution in [0, 0.1) is 12.7 Å². The third-order valence-corrected chi connectivity index (χ3v) is 5.45. The van der Waals surface area contributed by atoms with Gasteiger partial charge in [0, 0.05) is 32.7 Å². The lowest BCUT2D eigenvalue weighted by Crippen LogP contribution is -2.57. The van der Waals surface area contributed by atoms with Crippen LogP contribution in [-0.4, -0.2) is 58.3 Å². The summed E-state index contributed by atoms with van der Waals surface area (Å²) >= 11 is 0. The number of hydrogen-bond acceptors (Lipinski definition) is 4. The zero-order chi connectivity index (χ0) is 18.0. The van der Waals surface area contributed by atoms with Gasteiger partial charge in [-0.1, -0.05) is 0 Å². The zero-order valence-corrected chi connectivity index (χ0v) is 15.1. The fourth-order valence-electron chi connectivity index (χ4n) is 2.63. The lowest BCUT2D eigenvalue weighted by atomic mass is 10.2. The number of benzene rings is 1. The Morgan fingerprint density at radius 1 is 1.28 bits per heavy atom. The van der Waals surface area contributed by atoms with E-state index in [4.69, 9.17) is 0 Å². The van der Waals surface area contributed by atoms with Gasteiger partial charge >= 0.3 is 6.18 Å². The van der Waals surface area contributed by atoms with E-state index in [-0.39, 0.29) is 36.0 Å². The van der Waals surface area contributed by atoms with E-state index in [9.17, 15) is 26.0 Å². The van der Waals surface area contributed by atoms with Crippen LogP contribution in [0.3, 0.4) is 0 Å². The summed E-state index contributed by atoms with van der Waals surface area (Å²) in [5, 5.41) is 2.95. The minimum absolute atomic E-state index is 0. The summed E-state index contributed by atoms with van der Waals surface area (Å²) in [6, 6.07) is 1.11. The van der Waals surface area contributed by atoms with Gasteiger partial charge in [0.05, 0.1) is 4.90 Å². The summed E-state index contributed by atoms with van der Waals surface area (Å²) in [5.41, 5.74) is 0.133. The molecule has 11 heteroatoms. The standard InChI is InChI=1S/C14H19F4N3O2S.ClH/c1-10-8-11(15)2-3-12(10)24(22,23)20-9-13(14(16,17)18)21-6-4-19-5-7-21;/h2-3,8,13,19-20H,4-7,9H2,1H3;1H. The zero-order valence-electron chi connectivity index (χ0n) is 13.4. The van der Waals surface area contributed by atoms with Crippen molar-refractivity contribution in [2.75, 3.05) is 32.7 Å². The Bertz CT molecular complexity index is 679. The Kier molecular flexibility index (Phi) is 7.63. The maximum absolute atomic E-state index is 13.3. The summed E-state index contributed by atoms with van der Waals surface area (Å²) in [7, 11) is -4.16. The normalized spacial score (nSPS) is 17.8. The average molecular weight is 406 g/mol. The van der Waals surface area contributed by atoms with E-state index in [2.05, 4.69) is 5.32 Å². The molecule has 1 atom stereocenters. The Morgan fingerprint density at radius 2 is 1.88 bits per heavy atom. The Morgan fingerprint density at radius 3 is 2.40 bits per heavy atom. The molecule has 1 saturated heterocycles. The van der Waals surface area contributed by atoms with Crippen molar-refractivity contribution >= 4 is 22.4 Å². The van der Waals surface area contributed by atoms with Crippen molar-refractivity contribution in [3.8, 4) is 0 Å². The van der Waals surface area contributed by atoms with Crippen molar-refractivity contribution in [1.29, 1.82) is 0 Å². The number of alkyl halides is 3. The first-order chi connectivity index (χ1) is 11.1. The molecule has 0 spiro atoms. The largest absolute Gasteiger partial charge is 0.405 e. The van der Waals surface area contributed by atoms with Crippen molar-refractivity contribution in [3.63, 3.8) is 0 Å². The van der Waals surface area contributed by atoms with Crippen LogP contribution in [0.5, 0.6) is 0 Å². The van der Waals surface area contributed by atoms with Crippen molar-refractivity contribution < 1.29 is 26.0 Å². The van der Waals surface area contributed by atoms with Crippen molar-refractivity contribution in [2.45, 2.75) is 24.0 Å². The monoisotopic (exact) mass is 405 g/mol. The quantitative estimate of drug-likeness (QED) is 0.732. The molecule has 0 bridgehead atoms. The molecule has 0 amide bonds. The maximum atomic E-state index is 13.3. The second-order valence-corrected chi connectivity index (χ2v) is 7.34. The van der Waals surface area contributed by atoms with Gasteiger partial charge in [0.1, 0.15) is 11.9 Å². The Labute approximate surface area is 150 Å². The molecule has 2 N–H and O–H groups in total.